The van der Waals surface area contributed by atoms with Crippen LogP contribution < -0.4 is 0 Å². The standard InChI is InChI=1S/C25H26N2O2/c1-27-24(21-13-7-3-8-14-21)17-23(18-25(27)22-15-9-4-10-16-22)26-29-28-19-20-11-5-2-6-12-20/h2-16,24-25H,17-19H2,1H3/t24-,25+. The van der Waals surface area contributed by atoms with Crippen LogP contribution in [0.2, 0.25) is 0 Å². The SMILES string of the molecule is CN1[C@@H](c2ccccc2)CC(=NOOCc2ccccc2)C[C@H]1c1ccccc1. The highest BCUT2D eigenvalue weighted by Gasteiger charge is 2.33. The maximum absolute atomic E-state index is 5.33. The summed E-state index contributed by atoms with van der Waals surface area (Å²) in [6, 6.07) is 31.6. The second-order valence-corrected chi connectivity index (χ2v) is 7.41. The fourth-order valence-electron chi connectivity index (χ4n) is 3.91. The molecule has 0 radical (unpaired) electrons. The molecule has 0 aromatic heterocycles. The summed E-state index contributed by atoms with van der Waals surface area (Å²) >= 11 is 0. The molecule has 1 heterocycles. The first kappa shape index (κ1) is 19.4. The predicted octanol–water partition coefficient (Wildman–Crippen LogP) is 5.70. The van der Waals surface area contributed by atoms with Gasteiger partial charge in [0.25, 0.3) is 0 Å². The van der Waals surface area contributed by atoms with Crippen molar-refractivity contribution in [3.05, 3.63) is 108 Å². The van der Waals surface area contributed by atoms with Crippen LogP contribution >= 0.6 is 0 Å². The van der Waals surface area contributed by atoms with E-state index in [1.807, 2.05) is 30.3 Å². The van der Waals surface area contributed by atoms with E-state index in [4.69, 9.17) is 9.88 Å². The van der Waals surface area contributed by atoms with Crippen LogP contribution in [-0.4, -0.2) is 17.7 Å². The Bertz CT molecular complexity index is 862. The highest BCUT2D eigenvalue weighted by atomic mass is 17.3. The Labute approximate surface area is 172 Å². The van der Waals surface area contributed by atoms with Gasteiger partial charge in [-0.1, -0.05) is 96.2 Å². The van der Waals surface area contributed by atoms with Crippen LogP contribution in [0, 0.1) is 0 Å². The van der Waals surface area contributed by atoms with Crippen molar-refractivity contribution in [2.75, 3.05) is 7.05 Å². The van der Waals surface area contributed by atoms with E-state index in [1.165, 1.54) is 11.1 Å². The monoisotopic (exact) mass is 386 g/mol. The van der Waals surface area contributed by atoms with Crippen molar-refractivity contribution >= 4 is 5.71 Å². The van der Waals surface area contributed by atoms with Crippen molar-refractivity contribution in [1.29, 1.82) is 0 Å². The Morgan fingerprint density at radius 3 is 1.76 bits per heavy atom. The lowest BCUT2D eigenvalue weighted by atomic mass is 9.87. The van der Waals surface area contributed by atoms with Crippen LogP contribution in [0.25, 0.3) is 0 Å². The molecule has 3 aromatic rings. The normalized spacial score (nSPS) is 21.2. The third kappa shape index (κ3) is 4.91. The quantitative estimate of drug-likeness (QED) is 0.310. The topological polar surface area (TPSA) is 34.1 Å². The van der Waals surface area contributed by atoms with Gasteiger partial charge in [-0.2, -0.15) is 4.89 Å². The van der Waals surface area contributed by atoms with Gasteiger partial charge in [0.15, 0.2) is 0 Å². The Hall–Kier alpha value is -2.95. The van der Waals surface area contributed by atoms with Gasteiger partial charge in [-0.05, 0) is 23.7 Å². The Morgan fingerprint density at radius 1 is 0.759 bits per heavy atom. The van der Waals surface area contributed by atoms with Gasteiger partial charge < -0.3 is 0 Å². The van der Waals surface area contributed by atoms with Crippen molar-refractivity contribution in [3.8, 4) is 0 Å². The minimum Gasteiger partial charge on any atom is -0.292 e. The van der Waals surface area contributed by atoms with Gasteiger partial charge in [0, 0.05) is 24.9 Å². The van der Waals surface area contributed by atoms with Crippen LogP contribution in [0.1, 0.15) is 41.6 Å². The summed E-state index contributed by atoms with van der Waals surface area (Å²) in [5, 5.41) is 4.35. The van der Waals surface area contributed by atoms with Gasteiger partial charge >= 0.3 is 0 Å². The summed E-state index contributed by atoms with van der Waals surface area (Å²) in [5.41, 5.74) is 4.64. The third-order valence-corrected chi connectivity index (χ3v) is 5.50. The molecule has 0 N–H and O–H groups in total. The largest absolute Gasteiger partial charge is 0.292 e. The zero-order valence-corrected chi connectivity index (χ0v) is 16.6. The van der Waals surface area contributed by atoms with E-state index in [9.17, 15) is 0 Å². The molecule has 1 aliphatic rings. The Kier molecular flexibility index (Phi) is 6.35. The van der Waals surface area contributed by atoms with Crippen LogP contribution in [0.4, 0.5) is 0 Å². The summed E-state index contributed by atoms with van der Waals surface area (Å²) in [6.07, 6.45) is 1.64. The number of rotatable bonds is 6. The smallest absolute Gasteiger partial charge is 0.122 e. The number of likely N-dealkylation sites (tertiary alicyclic amines) is 1. The fraction of sp³-hybridized carbons (Fsp3) is 0.240. The number of benzene rings is 3. The number of hydrogen-bond donors (Lipinski definition) is 0. The van der Waals surface area contributed by atoms with Crippen LogP contribution in [0.15, 0.2) is 96.2 Å². The number of oxime groups is 1. The molecule has 0 unspecified atom stereocenters. The molecule has 1 aliphatic heterocycles. The minimum absolute atomic E-state index is 0.242. The zero-order chi connectivity index (χ0) is 19.9. The van der Waals surface area contributed by atoms with E-state index < -0.39 is 0 Å². The molecule has 29 heavy (non-hydrogen) atoms. The molecule has 0 saturated carbocycles. The summed E-state index contributed by atoms with van der Waals surface area (Å²) < 4.78 is 0. The molecular formula is C25H26N2O2. The lowest BCUT2D eigenvalue weighted by Gasteiger charge is -2.40. The van der Waals surface area contributed by atoms with Crippen LogP contribution in [0.3, 0.4) is 0 Å². The molecule has 4 nitrogen and oxygen atoms in total. The molecule has 0 spiro atoms. The first-order valence-corrected chi connectivity index (χ1v) is 10.0. The van der Waals surface area contributed by atoms with Crippen LogP contribution in [0.5, 0.6) is 0 Å². The van der Waals surface area contributed by atoms with Crippen molar-refractivity contribution in [1.82, 2.24) is 4.90 Å². The number of hydrogen-bond acceptors (Lipinski definition) is 4. The minimum atomic E-state index is 0.242. The summed E-state index contributed by atoms with van der Waals surface area (Å²) in [6.45, 7) is 0.377. The molecule has 0 amide bonds. The average Bonchev–Trinajstić information content (AvgIpc) is 2.79. The van der Waals surface area contributed by atoms with Gasteiger partial charge in [-0.25, -0.2) is 4.99 Å². The average molecular weight is 386 g/mol. The highest BCUT2D eigenvalue weighted by Crippen LogP contribution is 2.39. The lowest BCUT2D eigenvalue weighted by Crippen LogP contribution is -2.37. The first-order chi connectivity index (χ1) is 14.3. The maximum Gasteiger partial charge on any atom is 0.122 e. The maximum atomic E-state index is 5.33. The van der Waals surface area contributed by atoms with Gasteiger partial charge in [0.2, 0.25) is 0 Å². The third-order valence-electron chi connectivity index (χ3n) is 5.50. The molecule has 2 atom stereocenters. The van der Waals surface area contributed by atoms with Crippen molar-refractivity contribution in [2.45, 2.75) is 31.5 Å². The van der Waals surface area contributed by atoms with E-state index in [-0.39, 0.29) is 12.1 Å². The molecule has 0 aliphatic carbocycles. The summed E-state index contributed by atoms with van der Waals surface area (Å²) in [5.74, 6) is 0. The number of piperidine rings is 1. The highest BCUT2D eigenvalue weighted by molar-refractivity contribution is 5.86. The number of nitrogens with zero attached hydrogens (tertiary/aromatic N) is 2. The van der Waals surface area contributed by atoms with Crippen molar-refractivity contribution < 1.29 is 9.88 Å². The van der Waals surface area contributed by atoms with E-state index >= 15 is 0 Å². The zero-order valence-electron chi connectivity index (χ0n) is 16.6. The van der Waals surface area contributed by atoms with Gasteiger partial charge in [-0.15, -0.1) is 0 Å². The molecule has 148 valence electrons. The first-order valence-electron chi connectivity index (χ1n) is 10.0. The van der Waals surface area contributed by atoms with Gasteiger partial charge in [0.05, 0.1) is 5.71 Å². The Morgan fingerprint density at radius 2 is 1.24 bits per heavy atom. The molecule has 1 fully saturated rings. The van der Waals surface area contributed by atoms with Crippen LogP contribution in [-0.2, 0) is 16.5 Å². The van der Waals surface area contributed by atoms with E-state index in [1.54, 1.807) is 0 Å². The van der Waals surface area contributed by atoms with E-state index in [0.717, 1.165) is 24.1 Å². The fourth-order valence-corrected chi connectivity index (χ4v) is 3.91. The van der Waals surface area contributed by atoms with E-state index in [0.29, 0.717) is 6.61 Å². The lowest BCUT2D eigenvalue weighted by molar-refractivity contribution is -0.305. The second kappa shape index (κ2) is 9.50. The second-order valence-electron chi connectivity index (χ2n) is 7.41. The van der Waals surface area contributed by atoms with E-state index in [2.05, 4.69) is 77.8 Å². The molecule has 1 saturated heterocycles. The van der Waals surface area contributed by atoms with Gasteiger partial charge in [-0.3, -0.25) is 4.90 Å². The summed E-state index contributed by atoms with van der Waals surface area (Å²) in [7, 11) is 2.19. The molecule has 3 aromatic carbocycles. The molecule has 4 rings (SSSR count). The molecule has 0 bridgehead atoms. The molecular weight excluding hydrogens is 360 g/mol. The van der Waals surface area contributed by atoms with Gasteiger partial charge in [0.1, 0.15) is 6.61 Å². The van der Waals surface area contributed by atoms with Crippen molar-refractivity contribution in [2.24, 2.45) is 5.16 Å². The summed E-state index contributed by atoms with van der Waals surface area (Å²) in [4.78, 5) is 13.0. The molecule has 4 heteroatoms. The predicted molar refractivity (Wildman–Crippen MR) is 115 cm³/mol. The van der Waals surface area contributed by atoms with Crippen molar-refractivity contribution in [3.63, 3.8) is 0 Å². The Balaban J connectivity index is 1.50.